The number of rotatable bonds is 6. The Morgan fingerprint density at radius 2 is 1.88 bits per heavy atom. The molecule has 0 fully saturated rings. The Balaban J connectivity index is 2.03. The summed E-state index contributed by atoms with van der Waals surface area (Å²) in [6, 6.07) is 2.06. The minimum absolute atomic E-state index is 0.0714. The lowest BCUT2D eigenvalue weighted by Gasteiger charge is -2.18. The second-order valence-corrected chi connectivity index (χ2v) is 7.54. The van der Waals surface area contributed by atoms with Crippen LogP contribution >= 0.6 is 11.3 Å². The second kappa shape index (κ2) is 7.22. The molecule has 0 aromatic carbocycles. The first-order valence-corrected chi connectivity index (χ1v) is 9.78. The van der Waals surface area contributed by atoms with Crippen molar-refractivity contribution in [1.82, 2.24) is 19.4 Å². The summed E-state index contributed by atoms with van der Waals surface area (Å²) in [6.07, 6.45) is 0.955. The lowest BCUT2D eigenvalue weighted by molar-refractivity contribution is 0.292. The van der Waals surface area contributed by atoms with Crippen molar-refractivity contribution >= 4 is 31.8 Å². The van der Waals surface area contributed by atoms with E-state index in [0.29, 0.717) is 6.54 Å². The maximum Gasteiger partial charge on any atom is 0.271 e. The molecule has 5 nitrogen and oxygen atoms in total. The summed E-state index contributed by atoms with van der Waals surface area (Å²) in [5.74, 6) is 0.789. The van der Waals surface area contributed by atoms with Crippen LogP contribution in [-0.2, 0) is 6.54 Å². The highest BCUT2D eigenvalue weighted by Gasteiger charge is 2.16. The van der Waals surface area contributed by atoms with Gasteiger partial charge in [0.25, 0.3) is 5.56 Å². The minimum Gasteiger partial charge on any atom is -0.304 e. The van der Waals surface area contributed by atoms with Crippen molar-refractivity contribution in [2.75, 3.05) is 19.6 Å². The van der Waals surface area contributed by atoms with Crippen molar-refractivity contribution in [2.45, 2.75) is 47.6 Å². The van der Waals surface area contributed by atoms with Crippen LogP contribution in [0.4, 0.5) is 0 Å². The van der Waals surface area contributed by atoms with E-state index in [1.54, 1.807) is 0 Å². The minimum atomic E-state index is 0.0714. The summed E-state index contributed by atoms with van der Waals surface area (Å²) in [5, 5.41) is 1.03. The van der Waals surface area contributed by atoms with Gasteiger partial charge in [0.2, 0.25) is 0 Å². The number of pyridine rings is 1. The number of hydrogen-bond donors (Lipinski definition) is 0. The van der Waals surface area contributed by atoms with Crippen LogP contribution in [0, 0.1) is 20.8 Å². The van der Waals surface area contributed by atoms with E-state index in [2.05, 4.69) is 36.7 Å². The molecular formula is C19H26N4OS. The number of aryl methyl sites for hydroxylation is 3. The van der Waals surface area contributed by atoms with Crippen LogP contribution in [-0.4, -0.2) is 39.1 Å². The van der Waals surface area contributed by atoms with Gasteiger partial charge in [-0.15, -0.1) is 11.3 Å². The molecule has 0 aliphatic rings. The third-order valence-electron chi connectivity index (χ3n) is 4.82. The van der Waals surface area contributed by atoms with E-state index in [9.17, 15) is 4.79 Å². The molecule has 134 valence electrons. The van der Waals surface area contributed by atoms with Crippen molar-refractivity contribution in [1.29, 1.82) is 0 Å². The van der Waals surface area contributed by atoms with Gasteiger partial charge >= 0.3 is 0 Å². The van der Waals surface area contributed by atoms with Gasteiger partial charge in [-0.1, -0.05) is 13.8 Å². The zero-order valence-corrected chi connectivity index (χ0v) is 16.5. The van der Waals surface area contributed by atoms with E-state index in [1.807, 2.05) is 18.4 Å². The van der Waals surface area contributed by atoms with E-state index in [1.165, 1.54) is 11.3 Å². The second-order valence-electron chi connectivity index (χ2n) is 6.54. The van der Waals surface area contributed by atoms with Crippen LogP contribution in [0.25, 0.3) is 20.4 Å². The maximum absolute atomic E-state index is 13.0. The Bertz CT molecular complexity index is 969. The van der Waals surface area contributed by atoms with E-state index < -0.39 is 0 Å². The lowest BCUT2D eigenvalue weighted by Crippen LogP contribution is -2.28. The number of fused-ring (bicyclic) bond motifs is 3. The molecule has 6 heteroatoms. The molecule has 25 heavy (non-hydrogen) atoms. The topological polar surface area (TPSA) is 51.0 Å². The highest BCUT2D eigenvalue weighted by atomic mass is 32.1. The summed E-state index contributed by atoms with van der Waals surface area (Å²) in [6.45, 7) is 14.1. The quantitative estimate of drug-likeness (QED) is 0.675. The number of nitrogens with zero attached hydrogens (tertiary/aromatic N) is 4. The fraction of sp³-hybridized carbons (Fsp3) is 0.526. The van der Waals surface area contributed by atoms with Crippen LogP contribution in [0.15, 0.2) is 10.9 Å². The molecule has 0 bridgehead atoms. The average Bonchev–Trinajstić information content (AvgIpc) is 2.92. The van der Waals surface area contributed by atoms with Gasteiger partial charge in [-0.2, -0.15) is 0 Å². The van der Waals surface area contributed by atoms with Gasteiger partial charge < -0.3 is 4.90 Å². The molecule has 0 atom stereocenters. The molecule has 3 rings (SSSR count). The van der Waals surface area contributed by atoms with Gasteiger partial charge in [0.05, 0.1) is 5.52 Å². The zero-order valence-electron chi connectivity index (χ0n) is 15.7. The molecule has 0 spiro atoms. The van der Waals surface area contributed by atoms with Crippen molar-refractivity contribution in [2.24, 2.45) is 0 Å². The van der Waals surface area contributed by atoms with E-state index in [0.717, 1.165) is 63.6 Å². The fourth-order valence-electron chi connectivity index (χ4n) is 3.42. The standard InChI is InChI=1S/C19H26N4OS/c1-6-22(7-2)9-8-10-23-14(5)21-16-15-12(3)11-13(4)20-18(15)25-17(16)19(23)24/h11H,6-10H2,1-5H3. The first-order valence-electron chi connectivity index (χ1n) is 8.96. The number of thiophene rings is 1. The predicted octanol–water partition coefficient (Wildman–Crippen LogP) is 3.66. The molecule has 0 amide bonds. The molecule has 0 radical (unpaired) electrons. The zero-order chi connectivity index (χ0) is 18.1. The molecule has 0 N–H and O–H groups in total. The van der Waals surface area contributed by atoms with E-state index in [4.69, 9.17) is 4.98 Å². The summed E-state index contributed by atoms with van der Waals surface area (Å²) in [7, 11) is 0. The van der Waals surface area contributed by atoms with Gasteiger partial charge in [0.1, 0.15) is 15.4 Å². The summed E-state index contributed by atoms with van der Waals surface area (Å²) < 4.78 is 2.55. The van der Waals surface area contributed by atoms with Crippen LogP contribution in [0.3, 0.4) is 0 Å². The van der Waals surface area contributed by atoms with Crippen molar-refractivity contribution < 1.29 is 0 Å². The van der Waals surface area contributed by atoms with Gasteiger partial charge in [-0.3, -0.25) is 9.36 Å². The predicted molar refractivity (Wildman–Crippen MR) is 106 cm³/mol. The van der Waals surface area contributed by atoms with Crippen molar-refractivity contribution in [3.05, 3.63) is 33.5 Å². The van der Waals surface area contributed by atoms with Gasteiger partial charge in [-0.05, 0) is 58.5 Å². The van der Waals surface area contributed by atoms with Crippen LogP contribution < -0.4 is 5.56 Å². The van der Waals surface area contributed by atoms with Gasteiger partial charge in [0.15, 0.2) is 0 Å². The van der Waals surface area contributed by atoms with Crippen molar-refractivity contribution in [3.63, 3.8) is 0 Å². The Hall–Kier alpha value is -1.79. The largest absolute Gasteiger partial charge is 0.304 e. The summed E-state index contributed by atoms with van der Waals surface area (Å²) in [4.78, 5) is 25.7. The molecule has 0 aliphatic heterocycles. The SMILES string of the molecule is CCN(CC)CCCn1c(C)nc2c(sc3nc(C)cc(C)c32)c1=O. The Kier molecular flexibility index (Phi) is 5.20. The van der Waals surface area contributed by atoms with Crippen LogP contribution in [0.1, 0.15) is 37.4 Å². The molecule has 3 aromatic rings. The van der Waals surface area contributed by atoms with E-state index >= 15 is 0 Å². The Morgan fingerprint density at radius 1 is 1.16 bits per heavy atom. The number of hydrogen-bond acceptors (Lipinski definition) is 5. The molecular weight excluding hydrogens is 332 g/mol. The highest BCUT2D eigenvalue weighted by Crippen LogP contribution is 2.32. The molecule has 0 unspecified atom stereocenters. The fourth-order valence-corrected chi connectivity index (χ4v) is 4.61. The van der Waals surface area contributed by atoms with Gasteiger partial charge in [-0.25, -0.2) is 9.97 Å². The first kappa shape index (κ1) is 18.0. The summed E-state index contributed by atoms with van der Waals surface area (Å²) >= 11 is 1.47. The number of aromatic nitrogens is 3. The van der Waals surface area contributed by atoms with Gasteiger partial charge in [0, 0.05) is 17.6 Å². The summed E-state index contributed by atoms with van der Waals surface area (Å²) in [5.41, 5.74) is 3.00. The third kappa shape index (κ3) is 3.33. The monoisotopic (exact) mass is 358 g/mol. The smallest absolute Gasteiger partial charge is 0.271 e. The normalized spacial score (nSPS) is 11.9. The lowest BCUT2D eigenvalue weighted by atomic mass is 10.1. The Labute approximate surface area is 152 Å². The molecule has 3 aromatic heterocycles. The molecule has 0 saturated carbocycles. The van der Waals surface area contributed by atoms with E-state index in [-0.39, 0.29) is 5.56 Å². The van der Waals surface area contributed by atoms with Crippen molar-refractivity contribution in [3.8, 4) is 0 Å². The first-order chi connectivity index (χ1) is 12.0. The molecule has 0 saturated heterocycles. The Morgan fingerprint density at radius 3 is 2.56 bits per heavy atom. The van der Waals surface area contributed by atoms with Crippen LogP contribution in [0.5, 0.6) is 0 Å². The van der Waals surface area contributed by atoms with Crippen LogP contribution in [0.2, 0.25) is 0 Å². The average molecular weight is 359 g/mol. The molecule has 3 heterocycles. The molecule has 0 aliphatic carbocycles. The highest BCUT2D eigenvalue weighted by molar-refractivity contribution is 7.25. The maximum atomic E-state index is 13.0. The third-order valence-corrected chi connectivity index (χ3v) is 5.88.